The highest BCUT2D eigenvalue weighted by Gasteiger charge is 2.40. The van der Waals surface area contributed by atoms with E-state index in [1.165, 1.54) is 0 Å². The van der Waals surface area contributed by atoms with Crippen molar-refractivity contribution in [3.8, 4) is 0 Å². The molecule has 1 aromatic carbocycles. The van der Waals surface area contributed by atoms with Crippen LogP contribution in [0.5, 0.6) is 0 Å². The molecule has 0 aliphatic carbocycles. The lowest BCUT2D eigenvalue weighted by molar-refractivity contribution is 0.224. The third kappa shape index (κ3) is 2.22. The largest absolute Gasteiger partial charge is 0.455 e. The Labute approximate surface area is 103 Å². The number of benzene rings is 1. The van der Waals surface area contributed by atoms with Gasteiger partial charge in [-0.1, -0.05) is 39.0 Å². The van der Waals surface area contributed by atoms with Crippen LogP contribution in [-0.4, -0.2) is 18.3 Å². The van der Waals surface area contributed by atoms with E-state index in [2.05, 4.69) is 39.0 Å². The van der Waals surface area contributed by atoms with Gasteiger partial charge in [-0.05, 0) is 24.2 Å². The van der Waals surface area contributed by atoms with Crippen LogP contribution in [0.4, 0.5) is 0 Å². The number of aromatic nitrogens is 2. The Morgan fingerprint density at radius 3 is 2.47 bits per heavy atom. The van der Waals surface area contributed by atoms with Crippen molar-refractivity contribution in [3.05, 3.63) is 30.5 Å². The van der Waals surface area contributed by atoms with Gasteiger partial charge in [0.1, 0.15) is 5.52 Å². The molecule has 0 N–H and O–H groups in total. The van der Waals surface area contributed by atoms with Gasteiger partial charge in [0.05, 0.1) is 6.20 Å². The molecule has 2 aromatic rings. The summed E-state index contributed by atoms with van der Waals surface area (Å²) in [6.07, 6.45) is 1.85. The minimum absolute atomic E-state index is 0.181. The predicted octanol–water partition coefficient (Wildman–Crippen LogP) is 3.47. The molecule has 4 heteroatoms. The number of rotatable bonds is 2. The summed E-state index contributed by atoms with van der Waals surface area (Å²) in [5.74, 6) is 0. The molecule has 1 aromatic heterocycles. The maximum atomic E-state index is 6.16. The van der Waals surface area contributed by atoms with Crippen LogP contribution in [0.25, 0.3) is 10.9 Å². The number of para-hydroxylation sites is 1. The summed E-state index contributed by atoms with van der Waals surface area (Å²) in [6, 6.07) is 8.11. The zero-order chi connectivity index (χ0) is 12.7. The van der Waals surface area contributed by atoms with Crippen molar-refractivity contribution in [1.29, 1.82) is 0 Å². The van der Waals surface area contributed by atoms with Crippen molar-refractivity contribution in [2.24, 2.45) is 0 Å². The fourth-order valence-electron chi connectivity index (χ4n) is 1.37. The topological polar surface area (TPSA) is 27.1 Å². The van der Waals surface area contributed by atoms with Crippen molar-refractivity contribution in [2.45, 2.75) is 38.9 Å². The molecule has 0 unspecified atom stereocenters. The number of hydrogen-bond donors (Lipinski definition) is 0. The fourth-order valence-corrected chi connectivity index (χ4v) is 2.23. The number of fused-ring (bicyclic) bond motifs is 1. The van der Waals surface area contributed by atoms with E-state index < -0.39 is 8.32 Å². The summed E-state index contributed by atoms with van der Waals surface area (Å²) in [5, 5.41) is 5.62. The molecule has 0 saturated heterocycles. The van der Waals surface area contributed by atoms with Gasteiger partial charge < -0.3 is 4.53 Å². The van der Waals surface area contributed by atoms with E-state index >= 15 is 0 Å². The van der Waals surface area contributed by atoms with E-state index in [-0.39, 0.29) is 5.04 Å². The van der Waals surface area contributed by atoms with Gasteiger partial charge in [-0.15, -0.1) is 9.94 Å². The minimum Gasteiger partial charge on any atom is -0.455 e. The van der Waals surface area contributed by atoms with Gasteiger partial charge in [0.25, 0.3) is 8.32 Å². The van der Waals surface area contributed by atoms with Crippen molar-refractivity contribution < 1.29 is 4.53 Å². The van der Waals surface area contributed by atoms with Crippen LogP contribution in [0.3, 0.4) is 0 Å². The van der Waals surface area contributed by atoms with Crippen molar-refractivity contribution in [1.82, 2.24) is 9.94 Å². The van der Waals surface area contributed by atoms with E-state index in [0.29, 0.717) is 0 Å². The monoisotopic (exact) mass is 248 g/mol. The lowest BCUT2D eigenvalue weighted by Crippen LogP contribution is -2.48. The van der Waals surface area contributed by atoms with Gasteiger partial charge in [0.2, 0.25) is 0 Å². The van der Waals surface area contributed by atoms with Gasteiger partial charge in [-0.2, -0.15) is 0 Å². The molecular formula is C13H20N2OSi. The SMILES string of the molecule is CC(C)(C)[Si](C)(C)On1ncc2ccccc21. The molecule has 0 saturated carbocycles. The summed E-state index contributed by atoms with van der Waals surface area (Å²) < 4.78 is 6.16. The molecule has 92 valence electrons. The quantitative estimate of drug-likeness (QED) is 0.761. The minimum atomic E-state index is -1.83. The number of hydrogen-bond acceptors (Lipinski definition) is 2. The second-order valence-corrected chi connectivity index (χ2v) is 10.6. The molecule has 0 atom stereocenters. The second-order valence-electron chi connectivity index (χ2n) is 5.93. The lowest BCUT2D eigenvalue weighted by atomic mass is 10.2. The highest BCUT2D eigenvalue weighted by atomic mass is 28.4. The van der Waals surface area contributed by atoms with Gasteiger partial charge in [0, 0.05) is 5.39 Å². The molecule has 0 bridgehead atoms. The summed E-state index contributed by atoms with van der Waals surface area (Å²) in [7, 11) is -1.83. The van der Waals surface area contributed by atoms with Gasteiger partial charge in [-0.25, -0.2) is 0 Å². The van der Waals surface area contributed by atoms with Gasteiger partial charge in [0.15, 0.2) is 0 Å². The molecule has 17 heavy (non-hydrogen) atoms. The Morgan fingerprint density at radius 2 is 1.82 bits per heavy atom. The van der Waals surface area contributed by atoms with Gasteiger partial charge >= 0.3 is 0 Å². The van der Waals surface area contributed by atoms with Crippen LogP contribution >= 0.6 is 0 Å². The van der Waals surface area contributed by atoms with Crippen LogP contribution in [-0.2, 0) is 0 Å². The Hall–Kier alpha value is -1.29. The molecule has 3 nitrogen and oxygen atoms in total. The van der Waals surface area contributed by atoms with Gasteiger partial charge in [-0.3, -0.25) is 0 Å². The molecule has 0 spiro atoms. The standard InChI is InChI=1S/C13H20N2OSi/c1-13(2,3)17(4,5)16-15-12-9-7-6-8-11(12)10-14-15/h6-10H,1-5H3. The molecule has 0 aliphatic rings. The Morgan fingerprint density at radius 1 is 1.18 bits per heavy atom. The molecule has 2 rings (SSSR count). The predicted molar refractivity (Wildman–Crippen MR) is 73.5 cm³/mol. The Kier molecular flexibility index (Phi) is 2.77. The molecular weight excluding hydrogens is 228 g/mol. The first kappa shape index (κ1) is 12.2. The van der Waals surface area contributed by atoms with E-state index in [0.717, 1.165) is 10.9 Å². The summed E-state index contributed by atoms with van der Waals surface area (Å²) in [6.45, 7) is 11.1. The molecule has 0 fully saturated rings. The van der Waals surface area contributed by atoms with Crippen molar-refractivity contribution in [3.63, 3.8) is 0 Å². The van der Waals surface area contributed by atoms with E-state index in [1.54, 1.807) is 4.85 Å². The Bertz CT molecular complexity index is 525. The van der Waals surface area contributed by atoms with Crippen LogP contribution in [0.15, 0.2) is 30.5 Å². The summed E-state index contributed by atoms with van der Waals surface area (Å²) in [4.78, 5) is 1.69. The molecule has 0 aliphatic heterocycles. The van der Waals surface area contributed by atoms with E-state index in [9.17, 15) is 0 Å². The highest BCUT2D eigenvalue weighted by molar-refractivity contribution is 6.74. The fraction of sp³-hybridized carbons (Fsp3) is 0.462. The molecule has 1 heterocycles. The maximum absolute atomic E-state index is 6.16. The third-order valence-electron chi connectivity index (χ3n) is 3.57. The summed E-state index contributed by atoms with van der Waals surface area (Å²) in [5.41, 5.74) is 1.04. The highest BCUT2D eigenvalue weighted by Crippen LogP contribution is 2.35. The summed E-state index contributed by atoms with van der Waals surface area (Å²) >= 11 is 0. The average Bonchev–Trinajstić information content (AvgIpc) is 2.60. The molecule has 0 radical (unpaired) electrons. The van der Waals surface area contributed by atoms with Crippen molar-refractivity contribution in [2.75, 3.05) is 0 Å². The first-order chi connectivity index (χ1) is 7.81. The van der Waals surface area contributed by atoms with E-state index in [1.807, 2.05) is 30.5 Å². The maximum Gasteiger partial charge on any atom is 0.286 e. The van der Waals surface area contributed by atoms with Crippen LogP contribution in [0, 0.1) is 0 Å². The Balaban J connectivity index is 2.37. The zero-order valence-electron chi connectivity index (χ0n) is 11.2. The van der Waals surface area contributed by atoms with Crippen LogP contribution in [0.1, 0.15) is 20.8 Å². The van der Waals surface area contributed by atoms with Crippen LogP contribution in [0.2, 0.25) is 18.1 Å². The normalized spacial score (nSPS) is 13.0. The number of nitrogens with zero attached hydrogens (tertiary/aromatic N) is 2. The average molecular weight is 248 g/mol. The van der Waals surface area contributed by atoms with Crippen LogP contribution < -0.4 is 4.53 Å². The lowest BCUT2D eigenvalue weighted by Gasteiger charge is -2.35. The molecule has 0 amide bonds. The van der Waals surface area contributed by atoms with E-state index in [4.69, 9.17) is 4.53 Å². The van der Waals surface area contributed by atoms with Crippen molar-refractivity contribution >= 4 is 19.2 Å². The smallest absolute Gasteiger partial charge is 0.286 e. The first-order valence-corrected chi connectivity index (χ1v) is 8.84. The second kappa shape index (κ2) is 3.87. The third-order valence-corrected chi connectivity index (χ3v) is 7.81. The first-order valence-electron chi connectivity index (χ1n) is 5.93. The zero-order valence-corrected chi connectivity index (χ0v) is 12.2.